The quantitative estimate of drug-likeness (QED) is 0.661. The number of likely N-dealkylation sites (N-methyl/N-ethyl adjacent to an activating group) is 3. The van der Waals surface area contributed by atoms with E-state index in [0.717, 1.165) is 32.7 Å². The lowest BCUT2D eigenvalue weighted by Crippen LogP contribution is -2.59. The number of nitrogens with one attached hydrogen (secondary N) is 1. The molecule has 96 valence electrons. The van der Waals surface area contributed by atoms with E-state index >= 15 is 0 Å². The summed E-state index contributed by atoms with van der Waals surface area (Å²) >= 11 is 0. The molecule has 4 heteroatoms. The minimum atomic E-state index is 0.430. The fraction of sp³-hybridized carbons (Fsp3) is 1.00. The Morgan fingerprint density at radius 1 is 1.38 bits per heavy atom. The number of ether oxygens (including phenoxy) is 1. The first-order valence-corrected chi connectivity index (χ1v) is 6.32. The highest BCUT2D eigenvalue weighted by molar-refractivity contribution is 4.88. The maximum Gasteiger partial charge on any atom is 0.0635 e. The van der Waals surface area contributed by atoms with Crippen LogP contribution in [-0.4, -0.2) is 75.9 Å². The van der Waals surface area contributed by atoms with E-state index < -0.39 is 0 Å². The van der Waals surface area contributed by atoms with Gasteiger partial charge in [0.1, 0.15) is 0 Å². The number of hydrogen-bond donors (Lipinski definition) is 1. The van der Waals surface area contributed by atoms with Crippen LogP contribution in [0.5, 0.6) is 0 Å². The van der Waals surface area contributed by atoms with Crippen molar-refractivity contribution in [2.45, 2.75) is 25.4 Å². The molecule has 0 aromatic rings. The average molecular weight is 229 g/mol. The van der Waals surface area contributed by atoms with Crippen LogP contribution in [0, 0.1) is 0 Å². The molecule has 2 atom stereocenters. The first-order valence-electron chi connectivity index (χ1n) is 6.32. The molecular formula is C12H27N3O. The van der Waals surface area contributed by atoms with Crippen LogP contribution < -0.4 is 5.32 Å². The van der Waals surface area contributed by atoms with Crippen LogP contribution in [0.4, 0.5) is 0 Å². The van der Waals surface area contributed by atoms with Gasteiger partial charge in [-0.05, 0) is 27.6 Å². The van der Waals surface area contributed by atoms with E-state index in [2.05, 4.69) is 36.1 Å². The summed E-state index contributed by atoms with van der Waals surface area (Å²) in [5.74, 6) is 0. The van der Waals surface area contributed by atoms with Crippen molar-refractivity contribution in [1.29, 1.82) is 0 Å². The number of hydrogen-bond acceptors (Lipinski definition) is 4. The van der Waals surface area contributed by atoms with Gasteiger partial charge in [-0.15, -0.1) is 0 Å². The second-order valence-corrected chi connectivity index (χ2v) is 4.78. The highest BCUT2D eigenvalue weighted by Gasteiger charge is 2.28. The van der Waals surface area contributed by atoms with E-state index in [0.29, 0.717) is 12.1 Å². The standard InChI is InChI=1S/C12H27N3O/c1-5-8-16-10-11(13-2)12-9-14(3)6-7-15(12)4/h11-13H,5-10H2,1-4H3. The molecule has 0 radical (unpaired) electrons. The molecule has 16 heavy (non-hydrogen) atoms. The van der Waals surface area contributed by atoms with E-state index in [4.69, 9.17) is 4.74 Å². The Morgan fingerprint density at radius 2 is 2.12 bits per heavy atom. The number of rotatable bonds is 6. The van der Waals surface area contributed by atoms with E-state index in [-0.39, 0.29) is 0 Å². The molecule has 1 aliphatic heterocycles. The van der Waals surface area contributed by atoms with Crippen molar-refractivity contribution < 1.29 is 4.74 Å². The SMILES string of the molecule is CCCOCC(NC)C1CN(C)CCN1C. The summed E-state index contributed by atoms with van der Waals surface area (Å²) in [5.41, 5.74) is 0. The van der Waals surface area contributed by atoms with Gasteiger partial charge in [0.25, 0.3) is 0 Å². The summed E-state index contributed by atoms with van der Waals surface area (Å²) in [6.07, 6.45) is 1.09. The zero-order chi connectivity index (χ0) is 12.0. The Labute approximate surface area is 99.9 Å². The fourth-order valence-electron chi connectivity index (χ4n) is 2.22. The van der Waals surface area contributed by atoms with E-state index in [1.807, 2.05) is 7.05 Å². The van der Waals surface area contributed by atoms with Gasteiger partial charge in [-0.25, -0.2) is 0 Å². The molecule has 1 N–H and O–H groups in total. The molecule has 0 amide bonds. The van der Waals surface area contributed by atoms with Gasteiger partial charge in [0.2, 0.25) is 0 Å². The van der Waals surface area contributed by atoms with Crippen LogP contribution in [0.3, 0.4) is 0 Å². The zero-order valence-corrected chi connectivity index (χ0v) is 11.2. The summed E-state index contributed by atoms with van der Waals surface area (Å²) in [6, 6.07) is 0.986. The summed E-state index contributed by atoms with van der Waals surface area (Å²) in [4.78, 5) is 4.84. The van der Waals surface area contributed by atoms with Crippen LogP contribution in [-0.2, 0) is 4.74 Å². The van der Waals surface area contributed by atoms with Gasteiger partial charge in [-0.3, -0.25) is 4.90 Å². The fourth-order valence-corrected chi connectivity index (χ4v) is 2.22. The first kappa shape index (κ1) is 13.9. The van der Waals surface area contributed by atoms with Crippen molar-refractivity contribution in [3.63, 3.8) is 0 Å². The molecule has 4 nitrogen and oxygen atoms in total. The average Bonchev–Trinajstić information content (AvgIpc) is 2.28. The Morgan fingerprint density at radius 3 is 2.75 bits per heavy atom. The third-order valence-corrected chi connectivity index (χ3v) is 3.38. The van der Waals surface area contributed by atoms with Gasteiger partial charge in [0.15, 0.2) is 0 Å². The van der Waals surface area contributed by atoms with Crippen molar-refractivity contribution in [3.8, 4) is 0 Å². The minimum absolute atomic E-state index is 0.430. The maximum absolute atomic E-state index is 5.66. The molecule has 1 heterocycles. The lowest BCUT2D eigenvalue weighted by molar-refractivity contribution is 0.0424. The molecule has 0 saturated carbocycles. The van der Waals surface area contributed by atoms with E-state index in [9.17, 15) is 0 Å². The van der Waals surface area contributed by atoms with Gasteiger partial charge in [0, 0.05) is 38.3 Å². The van der Waals surface area contributed by atoms with Gasteiger partial charge < -0.3 is 15.0 Å². The van der Waals surface area contributed by atoms with E-state index in [1.165, 1.54) is 6.54 Å². The summed E-state index contributed by atoms with van der Waals surface area (Å²) < 4.78 is 5.66. The molecule has 2 unspecified atom stereocenters. The molecule has 1 aliphatic rings. The molecule has 1 saturated heterocycles. The smallest absolute Gasteiger partial charge is 0.0635 e. The Balaban J connectivity index is 2.42. The molecule has 1 rings (SSSR count). The van der Waals surface area contributed by atoms with Gasteiger partial charge in [0.05, 0.1) is 6.61 Å². The van der Waals surface area contributed by atoms with Crippen molar-refractivity contribution in [2.24, 2.45) is 0 Å². The van der Waals surface area contributed by atoms with Crippen LogP contribution in [0.15, 0.2) is 0 Å². The lowest BCUT2D eigenvalue weighted by atomic mass is 10.1. The zero-order valence-electron chi connectivity index (χ0n) is 11.2. The Bertz CT molecular complexity index is 189. The number of nitrogens with zero attached hydrogens (tertiary/aromatic N) is 2. The van der Waals surface area contributed by atoms with Crippen molar-refractivity contribution in [3.05, 3.63) is 0 Å². The lowest BCUT2D eigenvalue weighted by Gasteiger charge is -2.41. The summed E-state index contributed by atoms with van der Waals surface area (Å²) in [7, 11) is 6.43. The molecule has 0 spiro atoms. The topological polar surface area (TPSA) is 27.7 Å². The Kier molecular flexibility index (Phi) is 6.28. The molecular weight excluding hydrogens is 202 g/mol. The third-order valence-electron chi connectivity index (χ3n) is 3.38. The molecule has 1 fully saturated rings. The molecule has 0 aromatic carbocycles. The predicted octanol–water partition coefficient (Wildman–Crippen LogP) is 0.247. The van der Waals surface area contributed by atoms with Gasteiger partial charge >= 0.3 is 0 Å². The van der Waals surface area contributed by atoms with Crippen LogP contribution in [0.1, 0.15) is 13.3 Å². The second-order valence-electron chi connectivity index (χ2n) is 4.78. The van der Waals surface area contributed by atoms with Crippen LogP contribution >= 0.6 is 0 Å². The summed E-state index contributed by atoms with van der Waals surface area (Å²) in [5, 5.41) is 3.39. The number of piperazine rings is 1. The van der Waals surface area contributed by atoms with Crippen molar-refractivity contribution in [2.75, 3.05) is 54.0 Å². The normalized spacial score (nSPS) is 25.9. The second kappa shape index (κ2) is 7.22. The highest BCUT2D eigenvalue weighted by Crippen LogP contribution is 2.10. The van der Waals surface area contributed by atoms with Gasteiger partial charge in [-0.2, -0.15) is 0 Å². The monoisotopic (exact) mass is 229 g/mol. The van der Waals surface area contributed by atoms with Crippen LogP contribution in [0.2, 0.25) is 0 Å². The van der Waals surface area contributed by atoms with E-state index in [1.54, 1.807) is 0 Å². The largest absolute Gasteiger partial charge is 0.380 e. The predicted molar refractivity (Wildman–Crippen MR) is 67.9 cm³/mol. The summed E-state index contributed by atoms with van der Waals surface area (Å²) in [6.45, 7) is 7.26. The highest BCUT2D eigenvalue weighted by atomic mass is 16.5. The van der Waals surface area contributed by atoms with Gasteiger partial charge in [-0.1, -0.05) is 6.92 Å². The minimum Gasteiger partial charge on any atom is -0.380 e. The molecule has 0 aliphatic carbocycles. The molecule has 0 aromatic heterocycles. The Hall–Kier alpha value is -0.160. The van der Waals surface area contributed by atoms with Crippen LogP contribution in [0.25, 0.3) is 0 Å². The third kappa shape index (κ3) is 4.01. The van der Waals surface area contributed by atoms with Crippen molar-refractivity contribution >= 4 is 0 Å². The maximum atomic E-state index is 5.66. The van der Waals surface area contributed by atoms with Crippen molar-refractivity contribution in [1.82, 2.24) is 15.1 Å². The molecule has 0 bridgehead atoms. The first-order chi connectivity index (χ1) is 7.69.